The summed E-state index contributed by atoms with van der Waals surface area (Å²) in [5.74, 6) is 0.550. The largest absolute Gasteiger partial charge is 0.335 e. The first-order valence-electron chi connectivity index (χ1n) is 3.78. The van der Waals surface area contributed by atoms with Crippen LogP contribution in [0.15, 0.2) is 0 Å². The smallest absolute Gasteiger partial charge is 0.323 e. The second kappa shape index (κ2) is 2.97. The van der Waals surface area contributed by atoms with E-state index in [1.165, 1.54) is 16.3 Å². The zero-order valence-electron chi connectivity index (χ0n) is 7.38. The Labute approximate surface area is 75.8 Å². The Hall–Kier alpha value is -0.710. The molecule has 5 heteroatoms. The van der Waals surface area contributed by atoms with Gasteiger partial charge in [-0.2, -0.15) is 0 Å². The van der Waals surface area contributed by atoms with Gasteiger partial charge in [0.15, 0.2) is 0 Å². The highest BCUT2D eigenvalue weighted by molar-refractivity contribution is 7.98. The summed E-state index contributed by atoms with van der Waals surface area (Å²) in [6.45, 7) is 5.30. The van der Waals surface area contributed by atoms with Gasteiger partial charge in [-0.1, -0.05) is 6.92 Å². The fourth-order valence-electron chi connectivity index (χ4n) is 0.964. The molecule has 0 saturated carbocycles. The van der Waals surface area contributed by atoms with Gasteiger partial charge >= 0.3 is 6.03 Å². The lowest BCUT2D eigenvalue weighted by molar-refractivity contribution is -0.126. The maximum absolute atomic E-state index is 11.4. The van der Waals surface area contributed by atoms with E-state index in [1.54, 1.807) is 13.8 Å². The monoisotopic (exact) mass is 188 g/mol. The molecule has 0 unspecified atom stereocenters. The number of imide groups is 1. The lowest BCUT2D eigenvalue weighted by Gasteiger charge is -2.13. The minimum atomic E-state index is -0.737. The van der Waals surface area contributed by atoms with Crippen molar-refractivity contribution in [1.82, 2.24) is 9.62 Å². The molecule has 1 fully saturated rings. The number of hydrogen-bond donors (Lipinski definition) is 1. The molecule has 1 heterocycles. The minimum absolute atomic E-state index is 0.167. The Morgan fingerprint density at radius 3 is 2.42 bits per heavy atom. The van der Waals surface area contributed by atoms with Crippen molar-refractivity contribution in [3.8, 4) is 0 Å². The van der Waals surface area contributed by atoms with Crippen molar-refractivity contribution >= 4 is 23.9 Å². The number of rotatable bonds is 2. The van der Waals surface area contributed by atoms with Crippen LogP contribution < -0.4 is 5.32 Å². The first-order chi connectivity index (χ1) is 5.49. The van der Waals surface area contributed by atoms with Gasteiger partial charge in [0.25, 0.3) is 5.91 Å². The Morgan fingerprint density at radius 1 is 1.50 bits per heavy atom. The summed E-state index contributed by atoms with van der Waals surface area (Å²) in [4.78, 5) is 22.6. The molecule has 1 N–H and O–H groups in total. The second-order valence-electron chi connectivity index (χ2n) is 3.07. The van der Waals surface area contributed by atoms with E-state index in [4.69, 9.17) is 0 Å². The Kier molecular flexibility index (Phi) is 2.32. The molecule has 0 aromatic rings. The van der Waals surface area contributed by atoms with E-state index in [0.717, 1.165) is 5.75 Å². The van der Waals surface area contributed by atoms with Crippen molar-refractivity contribution in [3.63, 3.8) is 0 Å². The lowest BCUT2D eigenvalue weighted by atomic mass is 10.1. The molecule has 3 amide bonds. The van der Waals surface area contributed by atoms with Crippen LogP contribution in [-0.4, -0.2) is 27.5 Å². The second-order valence-corrected chi connectivity index (χ2v) is 4.27. The van der Waals surface area contributed by atoms with E-state index in [2.05, 4.69) is 5.32 Å². The predicted molar refractivity (Wildman–Crippen MR) is 47.6 cm³/mol. The zero-order valence-corrected chi connectivity index (χ0v) is 8.20. The van der Waals surface area contributed by atoms with Crippen molar-refractivity contribution in [3.05, 3.63) is 0 Å². The average molecular weight is 188 g/mol. The van der Waals surface area contributed by atoms with Crippen molar-refractivity contribution in [2.24, 2.45) is 0 Å². The van der Waals surface area contributed by atoms with Crippen LogP contribution in [0.3, 0.4) is 0 Å². The fraction of sp³-hybridized carbons (Fsp3) is 0.714. The van der Waals surface area contributed by atoms with Crippen LogP contribution in [0.25, 0.3) is 0 Å². The first kappa shape index (κ1) is 9.38. The van der Waals surface area contributed by atoms with Gasteiger partial charge in [-0.05, 0) is 25.8 Å². The number of carbonyl (C=O) groups is 2. The summed E-state index contributed by atoms with van der Waals surface area (Å²) in [6.07, 6.45) is 0. The van der Waals surface area contributed by atoms with Gasteiger partial charge < -0.3 is 5.32 Å². The van der Waals surface area contributed by atoms with Gasteiger partial charge in [0, 0.05) is 5.75 Å². The van der Waals surface area contributed by atoms with Crippen molar-refractivity contribution in [2.75, 3.05) is 5.75 Å². The molecule has 1 rings (SSSR count). The quantitative estimate of drug-likeness (QED) is 0.519. The molecule has 0 aliphatic carbocycles. The van der Waals surface area contributed by atoms with Gasteiger partial charge in [-0.15, -0.1) is 0 Å². The van der Waals surface area contributed by atoms with Crippen LogP contribution >= 0.6 is 11.9 Å². The molecule has 0 bridgehead atoms. The zero-order chi connectivity index (χ0) is 9.35. The van der Waals surface area contributed by atoms with E-state index in [0.29, 0.717) is 0 Å². The van der Waals surface area contributed by atoms with Crippen LogP contribution in [-0.2, 0) is 4.79 Å². The number of nitrogens with one attached hydrogen (secondary N) is 1. The lowest BCUT2D eigenvalue weighted by Crippen LogP contribution is -2.39. The highest BCUT2D eigenvalue weighted by atomic mass is 32.2. The highest BCUT2D eigenvalue weighted by Crippen LogP contribution is 2.23. The maximum Gasteiger partial charge on any atom is 0.335 e. The third kappa shape index (κ3) is 1.41. The number of amides is 3. The topological polar surface area (TPSA) is 49.4 Å². The van der Waals surface area contributed by atoms with Crippen LogP contribution in [0.4, 0.5) is 4.79 Å². The Bertz CT molecular complexity index is 227. The van der Waals surface area contributed by atoms with E-state index < -0.39 is 5.54 Å². The summed E-state index contributed by atoms with van der Waals surface area (Å²) < 4.78 is 1.18. The van der Waals surface area contributed by atoms with Gasteiger partial charge in [-0.25, -0.2) is 9.10 Å². The average Bonchev–Trinajstić information content (AvgIpc) is 2.13. The summed E-state index contributed by atoms with van der Waals surface area (Å²) in [6, 6.07) is -0.308. The van der Waals surface area contributed by atoms with E-state index >= 15 is 0 Å². The van der Waals surface area contributed by atoms with Crippen LogP contribution in [0.5, 0.6) is 0 Å². The van der Waals surface area contributed by atoms with Gasteiger partial charge in [0.2, 0.25) is 0 Å². The molecule has 1 saturated heterocycles. The van der Waals surface area contributed by atoms with Gasteiger partial charge in [0.1, 0.15) is 5.54 Å². The van der Waals surface area contributed by atoms with Crippen LogP contribution in [0.1, 0.15) is 20.8 Å². The number of carbonyl (C=O) groups excluding carboxylic acids is 2. The molecule has 0 atom stereocenters. The Morgan fingerprint density at radius 2 is 2.08 bits per heavy atom. The predicted octanol–water partition coefficient (Wildman–Crippen LogP) is 0.985. The van der Waals surface area contributed by atoms with Crippen LogP contribution in [0, 0.1) is 0 Å². The third-order valence-electron chi connectivity index (χ3n) is 1.58. The molecular weight excluding hydrogens is 176 g/mol. The van der Waals surface area contributed by atoms with E-state index in [-0.39, 0.29) is 11.9 Å². The Balaban J connectivity index is 2.78. The first-order valence-corrected chi connectivity index (χ1v) is 4.73. The minimum Gasteiger partial charge on any atom is -0.323 e. The molecule has 0 aromatic carbocycles. The number of nitrogens with zero attached hydrogens (tertiary/aromatic N) is 1. The highest BCUT2D eigenvalue weighted by Gasteiger charge is 2.44. The van der Waals surface area contributed by atoms with Gasteiger partial charge in [-0.3, -0.25) is 4.79 Å². The number of urea groups is 1. The van der Waals surface area contributed by atoms with Crippen molar-refractivity contribution < 1.29 is 9.59 Å². The maximum atomic E-state index is 11.4. The normalized spacial score (nSPS) is 21.4. The summed E-state index contributed by atoms with van der Waals surface area (Å²) in [5, 5.41) is 2.59. The molecule has 4 nitrogen and oxygen atoms in total. The van der Waals surface area contributed by atoms with E-state index in [1.807, 2.05) is 6.92 Å². The SMILES string of the molecule is CCSN1C(=O)NC(C)(C)C1=O. The van der Waals surface area contributed by atoms with Crippen molar-refractivity contribution in [2.45, 2.75) is 26.3 Å². The molecule has 0 radical (unpaired) electrons. The number of hydrogen-bond acceptors (Lipinski definition) is 3. The molecular formula is C7H12N2O2S. The molecule has 0 aromatic heterocycles. The molecule has 1 aliphatic heterocycles. The fourth-order valence-corrected chi connectivity index (χ4v) is 1.73. The standard InChI is InChI=1S/C7H12N2O2S/c1-4-12-9-5(10)7(2,3)8-6(9)11/h4H2,1-3H3,(H,8,11). The van der Waals surface area contributed by atoms with E-state index in [9.17, 15) is 9.59 Å². The van der Waals surface area contributed by atoms with Crippen LogP contribution in [0.2, 0.25) is 0 Å². The van der Waals surface area contributed by atoms with Crippen molar-refractivity contribution in [1.29, 1.82) is 0 Å². The third-order valence-corrected chi connectivity index (χ3v) is 2.43. The van der Waals surface area contributed by atoms with Gasteiger partial charge in [0.05, 0.1) is 0 Å². The molecule has 68 valence electrons. The summed E-state index contributed by atoms with van der Waals surface area (Å²) in [5.41, 5.74) is -0.737. The summed E-state index contributed by atoms with van der Waals surface area (Å²) >= 11 is 1.23. The summed E-state index contributed by atoms with van der Waals surface area (Å²) in [7, 11) is 0. The molecule has 12 heavy (non-hydrogen) atoms. The molecule has 1 aliphatic rings. The molecule has 0 spiro atoms.